The lowest BCUT2D eigenvalue weighted by Crippen LogP contribution is -2.70. The van der Waals surface area contributed by atoms with E-state index in [9.17, 15) is 10.1 Å². The number of aromatic nitrogens is 2. The summed E-state index contributed by atoms with van der Waals surface area (Å²) in [6, 6.07) is 21.0. The number of para-hydroxylation sites is 1. The van der Waals surface area contributed by atoms with Gasteiger partial charge in [0.1, 0.15) is 0 Å². The van der Waals surface area contributed by atoms with Crippen molar-refractivity contribution in [2.45, 2.75) is 32.0 Å². The monoisotopic (exact) mass is 616 g/mol. The molecule has 10 heteroatoms. The second kappa shape index (κ2) is 12.8. The van der Waals surface area contributed by atoms with Crippen LogP contribution in [0.2, 0.25) is 0 Å². The average Bonchev–Trinajstić information content (AvgIpc) is 3.70. The predicted octanol–water partition coefficient (Wildman–Crippen LogP) is 5.41. The molecule has 0 saturated heterocycles. The minimum atomic E-state index is -1.45. The molecule has 1 aliphatic heterocycles. The summed E-state index contributed by atoms with van der Waals surface area (Å²) in [5.74, 6) is 0.480. The van der Waals surface area contributed by atoms with E-state index in [4.69, 9.17) is 9.47 Å². The molecule has 1 aliphatic rings. The van der Waals surface area contributed by atoms with E-state index in [1.165, 1.54) is 6.92 Å². The van der Waals surface area contributed by atoms with Crippen molar-refractivity contribution in [1.82, 2.24) is 20.2 Å². The molecule has 2 aromatic heterocycles. The van der Waals surface area contributed by atoms with Gasteiger partial charge in [-0.15, -0.1) is 0 Å². The first-order valence-electron chi connectivity index (χ1n) is 15.1. The lowest BCUT2D eigenvalue weighted by atomic mass is 9.93. The van der Waals surface area contributed by atoms with E-state index < -0.39 is 5.66 Å². The van der Waals surface area contributed by atoms with Crippen molar-refractivity contribution in [3.63, 3.8) is 0 Å². The van der Waals surface area contributed by atoms with E-state index in [1.54, 1.807) is 37.4 Å². The van der Waals surface area contributed by atoms with Crippen LogP contribution in [-0.2, 0) is 22.6 Å². The summed E-state index contributed by atoms with van der Waals surface area (Å²) in [6.07, 6.45) is 8.78. The van der Waals surface area contributed by atoms with Gasteiger partial charge in [0.05, 0.1) is 38.1 Å². The summed E-state index contributed by atoms with van der Waals surface area (Å²) in [6.45, 7) is 2.65. The van der Waals surface area contributed by atoms with Crippen LogP contribution < -0.4 is 19.7 Å². The molecule has 0 radical (unpaired) electrons. The molecule has 3 N–H and O–H groups in total. The fourth-order valence-electron chi connectivity index (χ4n) is 6.38. The Morgan fingerprint density at radius 2 is 1.76 bits per heavy atom. The molecular formula is C36H36N6O4. The van der Waals surface area contributed by atoms with Gasteiger partial charge in [-0.1, -0.05) is 36.4 Å². The van der Waals surface area contributed by atoms with Gasteiger partial charge in [0.15, 0.2) is 17.2 Å². The Morgan fingerprint density at radius 1 is 0.978 bits per heavy atom. The third kappa shape index (κ3) is 5.69. The zero-order valence-electron chi connectivity index (χ0n) is 26.1. The zero-order chi connectivity index (χ0) is 32.3. The molecule has 10 nitrogen and oxygen atoms in total. The van der Waals surface area contributed by atoms with Crippen molar-refractivity contribution < 1.29 is 19.1 Å². The first-order chi connectivity index (χ1) is 22.4. The molecular weight excluding hydrogens is 580 g/mol. The number of amides is 2. The molecule has 0 aliphatic carbocycles. The number of rotatable bonds is 10. The predicted molar refractivity (Wildman–Crippen MR) is 178 cm³/mol. The fraction of sp³-hybridized carbons (Fsp3) is 0.250. The lowest BCUT2D eigenvalue weighted by molar-refractivity contribution is -0.139. The zero-order valence-corrected chi connectivity index (χ0v) is 26.1. The van der Waals surface area contributed by atoms with Crippen molar-refractivity contribution >= 4 is 39.3 Å². The Morgan fingerprint density at radius 3 is 2.50 bits per heavy atom. The standard InChI is InChI=1S/C36H36N6O4/c1-24(43)40-36(41-15-7-4-8-16-41,19-27-21-38-30-10-6-5-9-28(27)30)35(44)42(23-26-12-14-33(45-2)34(18-26)46-3)32-22-39-31-13-11-25(20-37)17-29(31)32/h4-7,9-14,17-18,21-22,38-39H,8,15-16,19,23H2,1-3H3,(H,40,43). The highest BCUT2D eigenvalue weighted by Gasteiger charge is 2.48. The van der Waals surface area contributed by atoms with E-state index in [0.29, 0.717) is 35.8 Å². The third-order valence-corrected chi connectivity index (χ3v) is 8.57. The number of ether oxygens (including phenoxy) is 2. The van der Waals surface area contributed by atoms with Crippen molar-refractivity contribution in [1.29, 1.82) is 5.26 Å². The van der Waals surface area contributed by atoms with Crippen LogP contribution in [-0.4, -0.2) is 59.7 Å². The summed E-state index contributed by atoms with van der Waals surface area (Å²) in [4.78, 5) is 39.0. The highest BCUT2D eigenvalue weighted by molar-refractivity contribution is 6.08. The second-order valence-corrected chi connectivity index (χ2v) is 11.4. The highest BCUT2D eigenvalue weighted by atomic mass is 16.5. The number of carbonyl (C=O) groups is 2. The number of carbonyl (C=O) groups excluding carboxylic acids is 2. The minimum absolute atomic E-state index is 0.155. The topological polar surface area (TPSA) is 126 Å². The largest absolute Gasteiger partial charge is 0.493 e. The highest BCUT2D eigenvalue weighted by Crippen LogP contribution is 2.36. The number of nitriles is 1. The molecule has 234 valence electrons. The van der Waals surface area contributed by atoms with Crippen molar-refractivity contribution in [3.05, 3.63) is 102 Å². The van der Waals surface area contributed by atoms with E-state index in [1.807, 2.05) is 60.8 Å². The summed E-state index contributed by atoms with van der Waals surface area (Å²) in [5, 5.41) is 14.6. The van der Waals surface area contributed by atoms with Crippen molar-refractivity contribution in [3.8, 4) is 17.6 Å². The van der Waals surface area contributed by atoms with Gasteiger partial charge in [-0.3, -0.25) is 14.5 Å². The van der Waals surface area contributed by atoms with Gasteiger partial charge >= 0.3 is 0 Å². The quantitative estimate of drug-likeness (QED) is 0.180. The first kappa shape index (κ1) is 30.5. The first-order valence-corrected chi connectivity index (χ1v) is 15.1. The number of nitrogens with zero attached hydrogens (tertiary/aromatic N) is 3. The van der Waals surface area contributed by atoms with Gasteiger partial charge in [0, 0.05) is 60.6 Å². The number of methoxy groups -OCH3 is 2. The average molecular weight is 617 g/mol. The lowest BCUT2D eigenvalue weighted by Gasteiger charge is -2.46. The van der Waals surface area contributed by atoms with Crippen LogP contribution in [0.5, 0.6) is 11.5 Å². The summed E-state index contributed by atoms with van der Waals surface area (Å²) in [5.41, 5.74) is 3.04. The van der Waals surface area contributed by atoms with Crippen LogP contribution in [0.4, 0.5) is 5.69 Å². The normalized spacial score (nSPS) is 14.5. The van der Waals surface area contributed by atoms with Crippen LogP contribution in [0.1, 0.15) is 30.0 Å². The number of anilines is 1. The molecule has 0 fully saturated rings. The number of aromatic amines is 2. The molecule has 2 amide bonds. The maximum atomic E-state index is 15.5. The SMILES string of the molecule is COc1ccc(CN(C(=O)C(Cc2c[nH]c3ccccc23)(NC(C)=O)N2CC=CCC2)c2c[nH]c3ccc(C#N)cc23)cc1OC. The van der Waals surface area contributed by atoms with Crippen LogP contribution in [0.25, 0.3) is 21.8 Å². The van der Waals surface area contributed by atoms with E-state index >= 15 is 4.79 Å². The summed E-state index contributed by atoms with van der Waals surface area (Å²) < 4.78 is 11.1. The molecule has 0 spiro atoms. The van der Waals surface area contributed by atoms with E-state index in [-0.39, 0.29) is 24.8 Å². The van der Waals surface area contributed by atoms with Crippen LogP contribution in [0.15, 0.2) is 85.2 Å². The van der Waals surface area contributed by atoms with Gasteiger partial charge in [0.25, 0.3) is 5.91 Å². The maximum absolute atomic E-state index is 15.5. The van der Waals surface area contributed by atoms with Gasteiger partial charge < -0.3 is 29.7 Å². The summed E-state index contributed by atoms with van der Waals surface area (Å²) >= 11 is 0. The Kier molecular flexibility index (Phi) is 8.51. The van der Waals surface area contributed by atoms with E-state index in [2.05, 4.69) is 32.3 Å². The Bertz CT molecular complexity index is 1990. The molecule has 6 rings (SSSR count). The third-order valence-electron chi connectivity index (χ3n) is 8.57. The van der Waals surface area contributed by atoms with Crippen LogP contribution >= 0.6 is 0 Å². The van der Waals surface area contributed by atoms with Gasteiger partial charge in [-0.05, 0) is 53.9 Å². The molecule has 1 atom stereocenters. The molecule has 0 bridgehead atoms. The molecule has 3 aromatic carbocycles. The number of H-pyrrole nitrogens is 2. The van der Waals surface area contributed by atoms with Crippen molar-refractivity contribution in [2.75, 3.05) is 32.2 Å². The molecule has 5 aromatic rings. The Hall–Kier alpha value is -5.53. The van der Waals surface area contributed by atoms with E-state index in [0.717, 1.165) is 39.4 Å². The smallest absolute Gasteiger partial charge is 0.268 e. The van der Waals surface area contributed by atoms with Crippen molar-refractivity contribution in [2.24, 2.45) is 0 Å². The molecule has 1 unspecified atom stereocenters. The Balaban J connectivity index is 1.55. The molecule has 46 heavy (non-hydrogen) atoms. The van der Waals surface area contributed by atoms with Gasteiger partial charge in [0.2, 0.25) is 5.91 Å². The number of hydrogen-bond donors (Lipinski definition) is 3. The molecule has 0 saturated carbocycles. The fourth-order valence-corrected chi connectivity index (χ4v) is 6.38. The number of nitrogens with one attached hydrogen (secondary N) is 3. The van der Waals surface area contributed by atoms with Crippen LogP contribution in [0.3, 0.4) is 0 Å². The van der Waals surface area contributed by atoms with Gasteiger partial charge in [-0.2, -0.15) is 5.26 Å². The number of hydrogen-bond acceptors (Lipinski definition) is 6. The Labute approximate surface area is 267 Å². The second-order valence-electron chi connectivity index (χ2n) is 11.4. The van der Waals surface area contributed by atoms with Gasteiger partial charge in [-0.25, -0.2) is 0 Å². The number of benzene rings is 3. The maximum Gasteiger partial charge on any atom is 0.268 e. The summed E-state index contributed by atoms with van der Waals surface area (Å²) in [7, 11) is 3.14. The van der Waals surface area contributed by atoms with Crippen LogP contribution in [0, 0.1) is 11.3 Å². The number of fused-ring (bicyclic) bond motifs is 2. The minimum Gasteiger partial charge on any atom is -0.493 e. The molecule has 3 heterocycles.